The third-order valence-electron chi connectivity index (χ3n) is 7.02. The van der Waals surface area contributed by atoms with Gasteiger partial charge in [0.15, 0.2) is 5.78 Å². The highest BCUT2D eigenvalue weighted by Crippen LogP contribution is 2.27. The van der Waals surface area contributed by atoms with Crippen LogP contribution in [0.3, 0.4) is 0 Å². The molecule has 4 rings (SSSR count). The fraction of sp³-hybridized carbons (Fsp3) is 0.353. The molecule has 0 aliphatic carbocycles. The molecule has 3 aromatic carbocycles. The summed E-state index contributed by atoms with van der Waals surface area (Å²) in [7, 11) is 0. The van der Waals surface area contributed by atoms with Gasteiger partial charge in [0, 0.05) is 46.9 Å². The number of ether oxygens (including phenoxy) is 1. The summed E-state index contributed by atoms with van der Waals surface area (Å²) in [5, 5.41) is 4.56. The normalized spacial score (nSPS) is 12.0. The fourth-order valence-corrected chi connectivity index (χ4v) is 5.13. The van der Waals surface area contributed by atoms with Crippen LogP contribution >= 0.6 is 0 Å². The summed E-state index contributed by atoms with van der Waals surface area (Å²) in [6.45, 7) is 9.49. The fourth-order valence-electron chi connectivity index (χ4n) is 5.13. The van der Waals surface area contributed by atoms with E-state index in [0.29, 0.717) is 43.0 Å². The Morgan fingerprint density at radius 2 is 1.72 bits per heavy atom. The van der Waals surface area contributed by atoms with Crippen molar-refractivity contribution >= 4 is 28.3 Å². The molecule has 0 spiro atoms. The SMILES string of the molecule is CCOC(=O)CCCn1cc(C(=O)c2cccc(NC(CC)c3ccc(CC(C)C)cc3)c2)c2ccccc21. The molecule has 1 atom stereocenters. The number of fused-ring (bicyclic) bond motifs is 1. The molecule has 0 fully saturated rings. The summed E-state index contributed by atoms with van der Waals surface area (Å²) in [6.07, 6.45) is 4.95. The van der Waals surface area contributed by atoms with Crippen LogP contribution in [-0.2, 0) is 22.5 Å². The monoisotopic (exact) mass is 524 g/mol. The average molecular weight is 525 g/mol. The van der Waals surface area contributed by atoms with E-state index in [1.54, 1.807) is 0 Å². The zero-order chi connectivity index (χ0) is 27.8. The molecule has 0 amide bonds. The Balaban J connectivity index is 1.52. The molecule has 0 aliphatic heterocycles. The molecular weight excluding hydrogens is 484 g/mol. The molecule has 5 nitrogen and oxygen atoms in total. The van der Waals surface area contributed by atoms with Gasteiger partial charge in [-0.2, -0.15) is 0 Å². The van der Waals surface area contributed by atoms with Gasteiger partial charge in [0.2, 0.25) is 0 Å². The molecule has 1 heterocycles. The number of para-hydroxylation sites is 1. The lowest BCUT2D eigenvalue weighted by Gasteiger charge is -2.20. The van der Waals surface area contributed by atoms with Gasteiger partial charge in [-0.1, -0.05) is 75.4 Å². The number of hydrogen-bond acceptors (Lipinski definition) is 4. The maximum Gasteiger partial charge on any atom is 0.305 e. The lowest BCUT2D eigenvalue weighted by Crippen LogP contribution is -2.11. The summed E-state index contributed by atoms with van der Waals surface area (Å²) < 4.78 is 7.12. The lowest BCUT2D eigenvalue weighted by molar-refractivity contribution is -0.143. The van der Waals surface area contributed by atoms with Gasteiger partial charge in [-0.15, -0.1) is 0 Å². The summed E-state index contributed by atoms with van der Waals surface area (Å²) in [4.78, 5) is 25.5. The van der Waals surface area contributed by atoms with Crippen molar-refractivity contribution in [1.82, 2.24) is 4.57 Å². The molecule has 5 heteroatoms. The van der Waals surface area contributed by atoms with Crippen molar-refractivity contribution in [2.75, 3.05) is 11.9 Å². The Morgan fingerprint density at radius 3 is 2.44 bits per heavy atom. The number of nitrogens with zero attached hydrogens (tertiary/aromatic N) is 1. The quantitative estimate of drug-likeness (QED) is 0.142. The van der Waals surface area contributed by atoms with Gasteiger partial charge in [-0.3, -0.25) is 9.59 Å². The van der Waals surface area contributed by atoms with Crippen LogP contribution in [0.15, 0.2) is 79.0 Å². The van der Waals surface area contributed by atoms with Crippen molar-refractivity contribution < 1.29 is 14.3 Å². The predicted molar refractivity (Wildman–Crippen MR) is 159 cm³/mol. The topological polar surface area (TPSA) is 60.3 Å². The standard InChI is InChI=1S/C34H40N2O3/c1-5-31(26-18-16-25(17-19-26)21-24(3)4)35-28-12-9-11-27(22-28)34(38)30-23-36(20-10-15-33(37)39-6-2)32-14-8-7-13-29(30)32/h7-9,11-14,16-19,22-24,31,35H,5-6,10,15,20-21H2,1-4H3. The number of nitrogens with one attached hydrogen (secondary N) is 1. The first-order valence-electron chi connectivity index (χ1n) is 14.1. The van der Waals surface area contributed by atoms with E-state index in [-0.39, 0.29) is 17.8 Å². The minimum Gasteiger partial charge on any atom is -0.466 e. The molecule has 4 aromatic rings. The smallest absolute Gasteiger partial charge is 0.305 e. The molecular formula is C34H40N2O3. The van der Waals surface area contributed by atoms with E-state index in [0.717, 1.165) is 29.4 Å². The maximum absolute atomic E-state index is 13.7. The van der Waals surface area contributed by atoms with Crippen molar-refractivity contribution in [3.63, 3.8) is 0 Å². The van der Waals surface area contributed by atoms with E-state index in [2.05, 4.69) is 54.9 Å². The highest BCUT2D eigenvalue weighted by atomic mass is 16.5. The van der Waals surface area contributed by atoms with Crippen molar-refractivity contribution in [3.05, 3.63) is 101 Å². The Bertz CT molecular complexity index is 1400. The number of carbonyl (C=O) groups excluding carboxylic acids is 2. The van der Waals surface area contributed by atoms with E-state index in [1.165, 1.54) is 11.1 Å². The van der Waals surface area contributed by atoms with Crippen molar-refractivity contribution in [2.45, 2.75) is 66.0 Å². The maximum atomic E-state index is 13.7. The first kappa shape index (κ1) is 28.2. The van der Waals surface area contributed by atoms with E-state index >= 15 is 0 Å². The summed E-state index contributed by atoms with van der Waals surface area (Å²) in [6, 6.07) is 24.8. The van der Waals surface area contributed by atoms with Gasteiger partial charge in [-0.25, -0.2) is 0 Å². The minimum atomic E-state index is -0.188. The average Bonchev–Trinajstić information content (AvgIpc) is 3.30. The van der Waals surface area contributed by atoms with Crippen molar-refractivity contribution in [3.8, 4) is 0 Å². The van der Waals surface area contributed by atoms with E-state index in [9.17, 15) is 9.59 Å². The zero-order valence-electron chi connectivity index (χ0n) is 23.6. The largest absolute Gasteiger partial charge is 0.466 e. The van der Waals surface area contributed by atoms with E-state index in [1.807, 2.05) is 61.7 Å². The van der Waals surface area contributed by atoms with Crippen LogP contribution in [0.5, 0.6) is 0 Å². The molecule has 39 heavy (non-hydrogen) atoms. The van der Waals surface area contributed by atoms with Crippen LogP contribution in [0.1, 0.15) is 80.0 Å². The molecule has 0 saturated heterocycles. The number of hydrogen-bond donors (Lipinski definition) is 1. The molecule has 1 unspecified atom stereocenters. The number of carbonyl (C=O) groups is 2. The van der Waals surface area contributed by atoms with Gasteiger partial charge in [-0.05, 0) is 61.4 Å². The lowest BCUT2D eigenvalue weighted by atomic mass is 9.98. The first-order chi connectivity index (χ1) is 18.9. The molecule has 0 aliphatic rings. The van der Waals surface area contributed by atoms with Crippen LogP contribution in [0.25, 0.3) is 10.9 Å². The Morgan fingerprint density at radius 1 is 0.949 bits per heavy atom. The number of anilines is 1. The van der Waals surface area contributed by atoms with Gasteiger partial charge in [0.05, 0.1) is 12.6 Å². The summed E-state index contributed by atoms with van der Waals surface area (Å²) in [5.74, 6) is 0.436. The number of aryl methyl sites for hydroxylation is 1. The summed E-state index contributed by atoms with van der Waals surface area (Å²) in [5.41, 5.74) is 5.84. The Kier molecular flexibility index (Phi) is 9.59. The molecule has 0 radical (unpaired) electrons. The second-order valence-electron chi connectivity index (χ2n) is 10.5. The molecule has 0 saturated carbocycles. The first-order valence-corrected chi connectivity index (χ1v) is 14.1. The predicted octanol–water partition coefficient (Wildman–Crippen LogP) is 7.98. The van der Waals surface area contributed by atoms with Crippen LogP contribution < -0.4 is 5.32 Å². The van der Waals surface area contributed by atoms with Gasteiger partial charge in [0.1, 0.15) is 0 Å². The number of esters is 1. The van der Waals surface area contributed by atoms with Crippen LogP contribution in [0, 0.1) is 5.92 Å². The minimum absolute atomic E-state index is 0.00919. The number of rotatable bonds is 13. The summed E-state index contributed by atoms with van der Waals surface area (Å²) >= 11 is 0. The second kappa shape index (κ2) is 13.3. The van der Waals surface area contributed by atoms with Gasteiger partial charge >= 0.3 is 5.97 Å². The van der Waals surface area contributed by atoms with Crippen molar-refractivity contribution in [2.24, 2.45) is 5.92 Å². The van der Waals surface area contributed by atoms with Gasteiger partial charge in [0.25, 0.3) is 0 Å². The molecule has 204 valence electrons. The number of ketones is 1. The number of benzene rings is 3. The second-order valence-corrected chi connectivity index (χ2v) is 10.5. The van der Waals surface area contributed by atoms with Crippen LogP contribution in [0.2, 0.25) is 0 Å². The molecule has 1 aromatic heterocycles. The third-order valence-corrected chi connectivity index (χ3v) is 7.02. The number of aromatic nitrogens is 1. The molecule has 1 N–H and O–H groups in total. The van der Waals surface area contributed by atoms with Crippen LogP contribution in [0.4, 0.5) is 5.69 Å². The highest BCUT2D eigenvalue weighted by Gasteiger charge is 2.18. The Hall–Kier alpha value is -3.86. The third kappa shape index (κ3) is 7.17. The van der Waals surface area contributed by atoms with E-state index < -0.39 is 0 Å². The van der Waals surface area contributed by atoms with Crippen LogP contribution in [-0.4, -0.2) is 22.9 Å². The molecule has 0 bridgehead atoms. The highest BCUT2D eigenvalue weighted by molar-refractivity contribution is 6.16. The van der Waals surface area contributed by atoms with Gasteiger partial charge < -0.3 is 14.6 Å². The van der Waals surface area contributed by atoms with E-state index in [4.69, 9.17) is 4.74 Å². The zero-order valence-corrected chi connectivity index (χ0v) is 23.6. The van der Waals surface area contributed by atoms with Crippen molar-refractivity contribution in [1.29, 1.82) is 0 Å². The Labute approximate surface area is 232 Å².